The van der Waals surface area contributed by atoms with Gasteiger partial charge in [-0.2, -0.15) is 0 Å². The molecular formula is C16H19NO. The van der Waals surface area contributed by atoms with E-state index in [0.717, 1.165) is 22.7 Å². The van der Waals surface area contributed by atoms with Gasteiger partial charge in [-0.15, -0.1) is 0 Å². The van der Waals surface area contributed by atoms with E-state index < -0.39 is 0 Å². The first-order valence-electron chi connectivity index (χ1n) is 6.41. The molecule has 0 fully saturated rings. The third-order valence-electron chi connectivity index (χ3n) is 2.82. The smallest absolute Gasteiger partial charge is 0.119 e. The lowest BCUT2D eigenvalue weighted by atomic mass is 10.1. The molecule has 2 heteroatoms. The van der Waals surface area contributed by atoms with Gasteiger partial charge in [0.2, 0.25) is 0 Å². The lowest BCUT2D eigenvalue weighted by Gasteiger charge is -2.08. The minimum Gasteiger partial charge on any atom is -0.494 e. The molecule has 0 atom stereocenters. The normalized spacial score (nSPS) is 10.7. The minimum absolute atomic E-state index is 0.452. The van der Waals surface area contributed by atoms with Gasteiger partial charge in [-0.1, -0.05) is 19.9 Å². The zero-order valence-corrected chi connectivity index (χ0v) is 11.2. The van der Waals surface area contributed by atoms with Gasteiger partial charge in [-0.3, -0.25) is 4.98 Å². The summed E-state index contributed by atoms with van der Waals surface area (Å²) in [7, 11) is 0. The molecule has 0 aliphatic carbocycles. The maximum atomic E-state index is 5.44. The standard InChI is InChI=1S/C16H19NO/c1-4-18-14-10-8-13(9-11-14)16-7-5-6-15(17-16)12(2)3/h5-12H,4H2,1-3H3. The van der Waals surface area contributed by atoms with Gasteiger partial charge >= 0.3 is 0 Å². The van der Waals surface area contributed by atoms with Gasteiger partial charge in [-0.05, 0) is 49.2 Å². The topological polar surface area (TPSA) is 22.1 Å². The number of pyridine rings is 1. The maximum Gasteiger partial charge on any atom is 0.119 e. The van der Waals surface area contributed by atoms with Crippen LogP contribution < -0.4 is 4.74 Å². The van der Waals surface area contributed by atoms with Crippen LogP contribution in [0.4, 0.5) is 0 Å². The molecule has 94 valence electrons. The van der Waals surface area contributed by atoms with Crippen LogP contribution in [-0.2, 0) is 0 Å². The SMILES string of the molecule is CCOc1ccc(-c2cccc(C(C)C)n2)cc1. The number of hydrogen-bond acceptors (Lipinski definition) is 2. The monoisotopic (exact) mass is 241 g/mol. The van der Waals surface area contributed by atoms with Crippen molar-refractivity contribution in [3.8, 4) is 17.0 Å². The molecule has 18 heavy (non-hydrogen) atoms. The van der Waals surface area contributed by atoms with Crippen molar-refractivity contribution in [1.29, 1.82) is 0 Å². The van der Waals surface area contributed by atoms with Crippen molar-refractivity contribution in [1.82, 2.24) is 4.98 Å². The maximum absolute atomic E-state index is 5.44. The van der Waals surface area contributed by atoms with E-state index in [2.05, 4.69) is 43.1 Å². The van der Waals surface area contributed by atoms with Crippen LogP contribution in [0.2, 0.25) is 0 Å². The van der Waals surface area contributed by atoms with Gasteiger partial charge in [0, 0.05) is 11.3 Å². The van der Waals surface area contributed by atoms with Crippen LogP contribution in [0.5, 0.6) is 5.75 Å². The fourth-order valence-electron chi connectivity index (χ4n) is 1.82. The average molecular weight is 241 g/mol. The third kappa shape index (κ3) is 2.89. The highest BCUT2D eigenvalue weighted by atomic mass is 16.5. The number of hydrogen-bond donors (Lipinski definition) is 0. The Hall–Kier alpha value is -1.83. The largest absolute Gasteiger partial charge is 0.494 e. The van der Waals surface area contributed by atoms with Crippen molar-refractivity contribution in [2.75, 3.05) is 6.61 Å². The first-order valence-corrected chi connectivity index (χ1v) is 6.41. The Morgan fingerprint density at radius 2 is 1.78 bits per heavy atom. The van der Waals surface area contributed by atoms with Crippen LogP contribution in [0.15, 0.2) is 42.5 Å². The molecular weight excluding hydrogens is 222 g/mol. The number of rotatable bonds is 4. The van der Waals surface area contributed by atoms with Crippen LogP contribution in [0, 0.1) is 0 Å². The summed E-state index contributed by atoms with van der Waals surface area (Å²) in [6.07, 6.45) is 0. The summed E-state index contributed by atoms with van der Waals surface area (Å²) in [5.41, 5.74) is 3.27. The van der Waals surface area contributed by atoms with Gasteiger partial charge in [-0.25, -0.2) is 0 Å². The second-order valence-electron chi connectivity index (χ2n) is 4.56. The highest BCUT2D eigenvalue weighted by Gasteiger charge is 2.04. The number of ether oxygens (including phenoxy) is 1. The molecule has 2 nitrogen and oxygen atoms in total. The minimum atomic E-state index is 0.452. The molecule has 0 aliphatic heterocycles. The van der Waals surface area contributed by atoms with Crippen LogP contribution in [0.25, 0.3) is 11.3 Å². The van der Waals surface area contributed by atoms with E-state index >= 15 is 0 Å². The molecule has 0 N–H and O–H groups in total. The van der Waals surface area contributed by atoms with Gasteiger partial charge in [0.15, 0.2) is 0 Å². The highest BCUT2D eigenvalue weighted by molar-refractivity contribution is 5.60. The van der Waals surface area contributed by atoms with Crippen molar-refractivity contribution in [2.45, 2.75) is 26.7 Å². The van der Waals surface area contributed by atoms with Crippen molar-refractivity contribution in [2.24, 2.45) is 0 Å². The summed E-state index contributed by atoms with van der Waals surface area (Å²) in [6.45, 7) is 7.00. The van der Waals surface area contributed by atoms with Gasteiger partial charge in [0.1, 0.15) is 5.75 Å². The van der Waals surface area contributed by atoms with Crippen molar-refractivity contribution in [3.63, 3.8) is 0 Å². The zero-order chi connectivity index (χ0) is 13.0. The first kappa shape index (κ1) is 12.6. The Morgan fingerprint density at radius 1 is 1.06 bits per heavy atom. The average Bonchev–Trinajstić information content (AvgIpc) is 2.40. The Morgan fingerprint density at radius 3 is 2.39 bits per heavy atom. The van der Waals surface area contributed by atoms with E-state index in [1.807, 2.05) is 25.1 Å². The zero-order valence-electron chi connectivity index (χ0n) is 11.2. The molecule has 1 aromatic carbocycles. The van der Waals surface area contributed by atoms with Crippen molar-refractivity contribution < 1.29 is 4.74 Å². The Balaban J connectivity index is 2.28. The molecule has 0 bridgehead atoms. The van der Waals surface area contributed by atoms with E-state index in [1.54, 1.807) is 0 Å². The highest BCUT2D eigenvalue weighted by Crippen LogP contribution is 2.22. The predicted octanol–water partition coefficient (Wildman–Crippen LogP) is 4.27. The first-order chi connectivity index (χ1) is 8.70. The van der Waals surface area contributed by atoms with Gasteiger partial charge in [0.05, 0.1) is 12.3 Å². The van der Waals surface area contributed by atoms with Crippen LogP contribution in [0.3, 0.4) is 0 Å². The molecule has 0 spiro atoms. The molecule has 0 saturated carbocycles. The summed E-state index contributed by atoms with van der Waals surface area (Å²) in [5.74, 6) is 1.36. The summed E-state index contributed by atoms with van der Waals surface area (Å²) in [4.78, 5) is 4.68. The Labute approximate surface area is 109 Å². The number of aromatic nitrogens is 1. The fourth-order valence-corrected chi connectivity index (χ4v) is 1.82. The van der Waals surface area contributed by atoms with E-state index in [9.17, 15) is 0 Å². The molecule has 0 saturated heterocycles. The third-order valence-corrected chi connectivity index (χ3v) is 2.82. The summed E-state index contributed by atoms with van der Waals surface area (Å²) in [6, 6.07) is 14.3. The van der Waals surface area contributed by atoms with E-state index in [0.29, 0.717) is 12.5 Å². The van der Waals surface area contributed by atoms with Gasteiger partial charge < -0.3 is 4.74 Å². The van der Waals surface area contributed by atoms with Crippen LogP contribution in [0.1, 0.15) is 32.4 Å². The number of nitrogens with zero attached hydrogens (tertiary/aromatic N) is 1. The lowest BCUT2D eigenvalue weighted by Crippen LogP contribution is -1.94. The predicted molar refractivity (Wildman–Crippen MR) is 74.9 cm³/mol. The summed E-state index contributed by atoms with van der Waals surface area (Å²) < 4.78 is 5.44. The molecule has 2 aromatic rings. The van der Waals surface area contributed by atoms with E-state index in [4.69, 9.17) is 4.74 Å². The molecule has 0 aliphatic rings. The fraction of sp³-hybridized carbons (Fsp3) is 0.312. The Kier molecular flexibility index (Phi) is 3.98. The van der Waals surface area contributed by atoms with Gasteiger partial charge in [0.25, 0.3) is 0 Å². The van der Waals surface area contributed by atoms with E-state index in [-0.39, 0.29) is 0 Å². The summed E-state index contributed by atoms with van der Waals surface area (Å²) >= 11 is 0. The molecule has 1 aromatic heterocycles. The Bertz CT molecular complexity index is 503. The van der Waals surface area contributed by atoms with Crippen molar-refractivity contribution >= 4 is 0 Å². The van der Waals surface area contributed by atoms with Crippen molar-refractivity contribution in [3.05, 3.63) is 48.2 Å². The molecule has 1 heterocycles. The molecule has 0 radical (unpaired) electrons. The summed E-state index contributed by atoms with van der Waals surface area (Å²) in [5, 5.41) is 0. The molecule has 2 rings (SSSR count). The number of benzene rings is 1. The quantitative estimate of drug-likeness (QED) is 0.797. The molecule has 0 amide bonds. The second kappa shape index (κ2) is 5.67. The van der Waals surface area contributed by atoms with E-state index in [1.165, 1.54) is 0 Å². The second-order valence-corrected chi connectivity index (χ2v) is 4.56. The van der Waals surface area contributed by atoms with Crippen LogP contribution >= 0.6 is 0 Å². The lowest BCUT2D eigenvalue weighted by molar-refractivity contribution is 0.340. The van der Waals surface area contributed by atoms with Crippen LogP contribution in [-0.4, -0.2) is 11.6 Å². The molecule has 0 unspecified atom stereocenters.